The lowest BCUT2D eigenvalue weighted by molar-refractivity contribution is 1.08. The second kappa shape index (κ2) is 15.0. The molecule has 0 atom stereocenters. The lowest BCUT2D eigenvalue weighted by Crippen LogP contribution is -2.03. The Morgan fingerprint density at radius 2 is 0.544 bits per heavy atom. The lowest BCUT2D eigenvalue weighted by atomic mass is 9.89. The highest BCUT2D eigenvalue weighted by atomic mass is 15.0. The van der Waals surface area contributed by atoms with Crippen LogP contribution in [0.3, 0.4) is 0 Å². The van der Waals surface area contributed by atoms with E-state index in [1.165, 1.54) is 0 Å². The Morgan fingerprint density at radius 3 is 0.985 bits per heavy atom. The molecular formula is C58H32N10. The molecule has 0 aliphatic heterocycles. The summed E-state index contributed by atoms with van der Waals surface area (Å²) in [5.74, 6) is 3.13. The quantitative estimate of drug-likeness (QED) is 0.149. The van der Waals surface area contributed by atoms with Crippen molar-refractivity contribution in [1.29, 1.82) is 0 Å². The van der Waals surface area contributed by atoms with Crippen molar-refractivity contribution >= 4 is 75.9 Å². The minimum Gasteiger partial charge on any atom is -0.255 e. The van der Waals surface area contributed by atoms with Crippen LogP contribution < -0.4 is 0 Å². The fourth-order valence-electron chi connectivity index (χ4n) is 9.82. The number of aromatic nitrogens is 10. The van der Waals surface area contributed by atoms with Crippen molar-refractivity contribution in [3.05, 3.63) is 195 Å². The average molecular weight is 869 g/mol. The zero-order valence-corrected chi connectivity index (χ0v) is 35.9. The largest absolute Gasteiger partial charge is 0.255 e. The van der Waals surface area contributed by atoms with E-state index in [1.807, 2.05) is 72.8 Å². The molecule has 0 spiro atoms. The molecule has 14 aromatic rings. The van der Waals surface area contributed by atoms with Gasteiger partial charge in [0.05, 0.1) is 22.1 Å². The standard InChI is InChI=1S/C58H32N10/c1-10-33-24-25-39-41(53-63-54(42-20-2-11-34-16-6-28-59-49(34)42)65-55(64-53)43-21-3-12-35-17-7-29-60-50(35)43)27-26-40-46(32-38(15-1)47(33)48(39)40)58-67-56(44-22-4-13-36-18-8-30-61-51(36)44)66-57(68-58)45-23-5-14-37-19-9-31-62-52(37)45/h1-32H. The van der Waals surface area contributed by atoms with Gasteiger partial charge in [0.15, 0.2) is 34.9 Å². The number of hydrogen-bond donors (Lipinski definition) is 0. The second-order valence-electron chi connectivity index (χ2n) is 16.8. The summed E-state index contributed by atoms with van der Waals surface area (Å²) in [6.45, 7) is 0. The fourth-order valence-corrected chi connectivity index (χ4v) is 9.82. The molecule has 0 amide bonds. The van der Waals surface area contributed by atoms with E-state index < -0.39 is 0 Å². The van der Waals surface area contributed by atoms with Crippen molar-refractivity contribution in [3.8, 4) is 68.3 Å². The molecule has 0 aliphatic rings. The molecule has 14 rings (SSSR count). The highest BCUT2D eigenvalue weighted by molar-refractivity contribution is 6.28. The van der Waals surface area contributed by atoms with Crippen LogP contribution in [-0.4, -0.2) is 49.8 Å². The summed E-state index contributed by atoms with van der Waals surface area (Å²) in [5.41, 5.74) is 8.19. The third-order valence-electron chi connectivity index (χ3n) is 12.9. The lowest BCUT2D eigenvalue weighted by Gasteiger charge is -2.18. The third kappa shape index (κ3) is 5.98. The fraction of sp³-hybridized carbons (Fsp3) is 0. The molecule has 6 aromatic heterocycles. The maximum absolute atomic E-state index is 5.33. The van der Waals surface area contributed by atoms with E-state index in [9.17, 15) is 0 Å². The predicted octanol–water partition coefficient (Wildman–Crippen LogP) is 13.1. The Labute approximate surface area is 387 Å². The molecule has 0 aliphatic carbocycles. The number of pyridine rings is 4. The van der Waals surface area contributed by atoms with Gasteiger partial charge in [-0.05, 0) is 93.0 Å². The van der Waals surface area contributed by atoms with E-state index >= 15 is 0 Å². The SMILES string of the molecule is c1cnc2c(-c3nc(-c4ccc5c(-c6nc(-c7cccc8cccnc78)nc(-c7cccc8cccnc78)n6)cc6cccc7ccc4c5c76)nc(-c4cccc5cccnc45)n3)cccc2c1. The zero-order chi connectivity index (χ0) is 44.7. The number of rotatable bonds is 6. The maximum atomic E-state index is 5.33. The van der Waals surface area contributed by atoms with Crippen LogP contribution in [-0.2, 0) is 0 Å². The molecule has 0 saturated carbocycles. The van der Waals surface area contributed by atoms with Crippen molar-refractivity contribution in [2.75, 3.05) is 0 Å². The Hall–Kier alpha value is -9.54. The number of hydrogen-bond acceptors (Lipinski definition) is 10. The average Bonchev–Trinajstić information content (AvgIpc) is 3.41. The Kier molecular flexibility index (Phi) is 8.34. The monoisotopic (exact) mass is 868 g/mol. The summed E-state index contributed by atoms with van der Waals surface area (Å²) in [6.07, 6.45) is 7.22. The van der Waals surface area contributed by atoms with Crippen molar-refractivity contribution < 1.29 is 0 Å². The molecule has 314 valence electrons. The van der Waals surface area contributed by atoms with Crippen molar-refractivity contribution in [2.24, 2.45) is 0 Å². The minimum absolute atomic E-state index is 0.518. The molecule has 6 heterocycles. The first-order chi connectivity index (χ1) is 33.7. The third-order valence-corrected chi connectivity index (χ3v) is 12.9. The molecule has 0 saturated heterocycles. The molecule has 0 radical (unpaired) electrons. The summed E-state index contributed by atoms with van der Waals surface area (Å²) in [6, 6.07) is 57.6. The molecule has 8 aromatic carbocycles. The van der Waals surface area contributed by atoms with Crippen LogP contribution in [0.15, 0.2) is 195 Å². The van der Waals surface area contributed by atoms with Crippen LogP contribution in [0.4, 0.5) is 0 Å². The molecule has 10 heteroatoms. The van der Waals surface area contributed by atoms with Gasteiger partial charge in [-0.25, -0.2) is 29.9 Å². The number of benzene rings is 8. The van der Waals surface area contributed by atoms with Gasteiger partial charge >= 0.3 is 0 Å². The van der Waals surface area contributed by atoms with Crippen LogP contribution in [0.25, 0.3) is 144 Å². The predicted molar refractivity (Wildman–Crippen MR) is 271 cm³/mol. The first-order valence-corrected chi connectivity index (χ1v) is 22.3. The molecule has 0 fully saturated rings. The summed E-state index contributed by atoms with van der Waals surface area (Å²) in [5, 5.41) is 10.3. The summed E-state index contributed by atoms with van der Waals surface area (Å²) < 4.78 is 0. The normalized spacial score (nSPS) is 11.8. The van der Waals surface area contributed by atoms with E-state index in [1.54, 1.807) is 24.8 Å². The summed E-state index contributed by atoms with van der Waals surface area (Å²) in [4.78, 5) is 50.9. The van der Waals surface area contributed by atoms with Gasteiger partial charge in [0, 0.05) is 79.7 Å². The Bertz CT molecular complexity index is 4140. The first-order valence-electron chi connectivity index (χ1n) is 22.3. The molecule has 0 bridgehead atoms. The van der Waals surface area contributed by atoms with Gasteiger partial charge in [-0.15, -0.1) is 0 Å². The molecule has 0 unspecified atom stereocenters. The molecular weight excluding hydrogens is 837 g/mol. The Morgan fingerprint density at radius 1 is 0.221 bits per heavy atom. The van der Waals surface area contributed by atoms with Gasteiger partial charge < -0.3 is 0 Å². The Balaban J connectivity index is 1.04. The number of nitrogens with zero attached hydrogens (tertiary/aromatic N) is 10. The van der Waals surface area contributed by atoms with Gasteiger partial charge in [-0.3, -0.25) is 19.9 Å². The maximum Gasteiger partial charge on any atom is 0.166 e. The highest BCUT2D eigenvalue weighted by Crippen LogP contribution is 2.44. The van der Waals surface area contributed by atoms with Crippen molar-refractivity contribution in [3.63, 3.8) is 0 Å². The molecule has 0 N–H and O–H groups in total. The van der Waals surface area contributed by atoms with E-state index in [-0.39, 0.29) is 0 Å². The van der Waals surface area contributed by atoms with Crippen LogP contribution in [0.1, 0.15) is 0 Å². The highest BCUT2D eigenvalue weighted by Gasteiger charge is 2.23. The van der Waals surface area contributed by atoms with Gasteiger partial charge in [-0.1, -0.05) is 109 Å². The van der Waals surface area contributed by atoms with Crippen LogP contribution in [0.2, 0.25) is 0 Å². The first kappa shape index (κ1) is 37.8. The van der Waals surface area contributed by atoms with E-state index in [4.69, 9.17) is 49.8 Å². The van der Waals surface area contributed by atoms with E-state index in [0.717, 1.165) is 109 Å². The summed E-state index contributed by atoms with van der Waals surface area (Å²) in [7, 11) is 0. The van der Waals surface area contributed by atoms with Gasteiger partial charge in [0.2, 0.25) is 0 Å². The second-order valence-corrected chi connectivity index (χ2v) is 16.8. The van der Waals surface area contributed by atoms with E-state index in [2.05, 4.69) is 97.1 Å². The number of fused-ring (bicyclic) bond motifs is 4. The topological polar surface area (TPSA) is 129 Å². The van der Waals surface area contributed by atoms with Crippen LogP contribution in [0, 0.1) is 0 Å². The smallest absolute Gasteiger partial charge is 0.166 e. The van der Waals surface area contributed by atoms with Gasteiger partial charge in [0.25, 0.3) is 0 Å². The van der Waals surface area contributed by atoms with Crippen LogP contribution in [0.5, 0.6) is 0 Å². The van der Waals surface area contributed by atoms with Crippen molar-refractivity contribution in [2.45, 2.75) is 0 Å². The number of para-hydroxylation sites is 4. The zero-order valence-electron chi connectivity index (χ0n) is 35.9. The minimum atomic E-state index is 0.518. The van der Waals surface area contributed by atoms with E-state index in [0.29, 0.717) is 34.9 Å². The van der Waals surface area contributed by atoms with Crippen LogP contribution >= 0.6 is 0 Å². The molecule has 68 heavy (non-hydrogen) atoms. The molecule has 10 nitrogen and oxygen atoms in total. The van der Waals surface area contributed by atoms with Gasteiger partial charge in [-0.2, -0.15) is 0 Å². The van der Waals surface area contributed by atoms with Crippen molar-refractivity contribution in [1.82, 2.24) is 49.8 Å². The van der Waals surface area contributed by atoms with Gasteiger partial charge in [0.1, 0.15) is 0 Å². The summed E-state index contributed by atoms with van der Waals surface area (Å²) >= 11 is 0.